The molecule has 0 aliphatic carbocycles. The van der Waals surface area contributed by atoms with Crippen molar-refractivity contribution in [2.24, 2.45) is 4.99 Å². The molecule has 1 amide bonds. The van der Waals surface area contributed by atoms with Gasteiger partial charge in [-0.25, -0.2) is 0 Å². The summed E-state index contributed by atoms with van der Waals surface area (Å²) in [4.78, 5) is 19.9. The summed E-state index contributed by atoms with van der Waals surface area (Å²) in [7, 11) is 2.18. The van der Waals surface area contributed by atoms with E-state index in [1.165, 1.54) is 198 Å². The summed E-state index contributed by atoms with van der Waals surface area (Å²) in [6.45, 7) is 7.67. The molecule has 4 heteroatoms. The minimum Gasteiger partial charge on any atom is -0.361 e. The molecule has 2 unspecified atom stereocenters. The summed E-state index contributed by atoms with van der Waals surface area (Å²) in [6.07, 6.45) is 44.7. The number of unbranched alkanes of at least 4 members (excludes halogenated alkanes) is 29. The van der Waals surface area contributed by atoms with Crippen LogP contribution in [0.15, 0.2) is 4.99 Å². The van der Waals surface area contributed by atoms with Crippen LogP contribution in [0.1, 0.15) is 233 Å². The quantitative estimate of drug-likeness (QED) is 0.0697. The lowest BCUT2D eigenvalue weighted by Crippen LogP contribution is -2.42. The van der Waals surface area contributed by atoms with Gasteiger partial charge in [0.1, 0.15) is 0 Å². The van der Waals surface area contributed by atoms with E-state index in [0.29, 0.717) is 6.42 Å². The number of likely N-dealkylation sites (N-methyl/N-ethyl adjacent to an activating group) is 1. The van der Waals surface area contributed by atoms with Crippen LogP contribution < -0.4 is 5.32 Å². The number of aliphatic imine (C=N–C) groups is 1. The van der Waals surface area contributed by atoms with Gasteiger partial charge in [0, 0.05) is 26.4 Å². The minimum atomic E-state index is 0.120. The van der Waals surface area contributed by atoms with Crippen molar-refractivity contribution in [3.05, 3.63) is 0 Å². The smallest absolute Gasteiger partial charge is 0.220 e. The molecule has 1 N–H and O–H groups in total. The van der Waals surface area contributed by atoms with Gasteiger partial charge in [-0.15, -0.1) is 0 Å². The molecule has 4 nitrogen and oxygen atoms in total. The highest BCUT2D eigenvalue weighted by molar-refractivity contribution is 5.84. The molecular formula is C42H83N3O. The predicted molar refractivity (Wildman–Crippen MR) is 205 cm³/mol. The number of rotatable bonds is 35. The summed E-state index contributed by atoms with van der Waals surface area (Å²) >= 11 is 0. The number of nitrogens with zero attached hydrogens (tertiary/aromatic N) is 2. The van der Waals surface area contributed by atoms with Crippen molar-refractivity contribution in [3.8, 4) is 0 Å². The molecule has 0 spiro atoms. The van der Waals surface area contributed by atoms with Crippen molar-refractivity contribution >= 4 is 11.7 Å². The Balaban J connectivity index is 1.94. The first-order valence-electron chi connectivity index (χ1n) is 21.2. The van der Waals surface area contributed by atoms with Gasteiger partial charge in [-0.2, -0.15) is 0 Å². The fraction of sp³-hybridized carbons (Fsp3) is 0.952. The van der Waals surface area contributed by atoms with Crippen LogP contribution in [0.4, 0.5) is 0 Å². The lowest BCUT2D eigenvalue weighted by Gasteiger charge is -2.20. The molecule has 1 aliphatic rings. The Kier molecular flexibility index (Phi) is 30.3. The van der Waals surface area contributed by atoms with Gasteiger partial charge in [-0.3, -0.25) is 9.79 Å². The summed E-state index contributed by atoms with van der Waals surface area (Å²) in [5.41, 5.74) is 0. The number of amidine groups is 1. The predicted octanol–water partition coefficient (Wildman–Crippen LogP) is 13.1. The number of carbonyl (C=O) groups excluding carboxylic acids is 1. The van der Waals surface area contributed by atoms with E-state index >= 15 is 0 Å². The summed E-state index contributed by atoms with van der Waals surface area (Å²) in [5, 5.41) is 3.26. The number of carbonyl (C=O) groups is 1. The average molecular weight is 646 g/mol. The van der Waals surface area contributed by atoms with Crippen LogP contribution in [0, 0.1) is 0 Å². The van der Waals surface area contributed by atoms with E-state index in [-0.39, 0.29) is 18.0 Å². The van der Waals surface area contributed by atoms with Gasteiger partial charge in [0.2, 0.25) is 5.91 Å². The Bertz CT molecular complexity index is 692. The van der Waals surface area contributed by atoms with Gasteiger partial charge in [0.15, 0.2) is 0 Å². The fourth-order valence-corrected chi connectivity index (χ4v) is 7.15. The Morgan fingerprint density at radius 1 is 0.587 bits per heavy atom. The highest BCUT2D eigenvalue weighted by Gasteiger charge is 2.27. The van der Waals surface area contributed by atoms with E-state index in [0.717, 1.165) is 19.4 Å². The zero-order valence-corrected chi connectivity index (χ0v) is 32.0. The van der Waals surface area contributed by atoms with Gasteiger partial charge in [0.25, 0.3) is 0 Å². The second-order valence-corrected chi connectivity index (χ2v) is 15.1. The molecular weight excluding hydrogens is 562 g/mol. The molecule has 0 radical (unpaired) electrons. The number of hydrogen-bond donors (Lipinski definition) is 1. The lowest BCUT2D eigenvalue weighted by molar-refractivity contribution is -0.121. The monoisotopic (exact) mass is 646 g/mol. The molecule has 0 fully saturated rings. The number of nitrogens with one attached hydrogen (secondary N) is 1. The summed E-state index contributed by atoms with van der Waals surface area (Å²) in [5.74, 6) is 1.46. The van der Waals surface area contributed by atoms with Crippen molar-refractivity contribution in [3.63, 3.8) is 0 Å². The first-order valence-corrected chi connectivity index (χ1v) is 21.2. The Morgan fingerprint density at radius 3 is 1.28 bits per heavy atom. The van der Waals surface area contributed by atoms with Gasteiger partial charge in [-0.1, -0.05) is 200 Å². The SMILES string of the molecule is CCCCCCCCCCCCCCCCCCC1=NC(C(C)NC(=O)CCCCCCCCCCCCCCCCC)CN1C. The molecule has 0 aromatic heterocycles. The van der Waals surface area contributed by atoms with Crippen LogP contribution in [-0.2, 0) is 4.79 Å². The zero-order valence-electron chi connectivity index (χ0n) is 32.0. The molecule has 1 heterocycles. The van der Waals surface area contributed by atoms with Gasteiger partial charge >= 0.3 is 0 Å². The van der Waals surface area contributed by atoms with E-state index in [1.807, 2.05) is 0 Å². The Labute approximate surface area is 289 Å². The third-order valence-electron chi connectivity index (χ3n) is 10.4. The number of hydrogen-bond acceptors (Lipinski definition) is 3. The normalized spacial score (nSPS) is 15.4. The van der Waals surface area contributed by atoms with Crippen LogP contribution in [0.2, 0.25) is 0 Å². The van der Waals surface area contributed by atoms with Crippen molar-refractivity contribution in [2.75, 3.05) is 13.6 Å². The molecule has 272 valence electrons. The minimum absolute atomic E-state index is 0.120. The third kappa shape index (κ3) is 26.0. The maximum atomic E-state index is 12.6. The van der Waals surface area contributed by atoms with E-state index < -0.39 is 0 Å². The standard InChI is InChI=1S/C42H83N3O/c1-5-7-9-11-13-15-17-19-21-23-24-26-28-30-32-34-36-41-44-40(38-45(41)4)39(3)43-42(46)37-35-33-31-29-27-25-22-20-18-16-14-12-10-8-6-2/h39-40H,5-38H2,1-4H3,(H,43,46). The van der Waals surface area contributed by atoms with E-state index in [4.69, 9.17) is 4.99 Å². The number of amides is 1. The first kappa shape index (κ1) is 43.0. The van der Waals surface area contributed by atoms with E-state index in [1.54, 1.807) is 0 Å². The van der Waals surface area contributed by atoms with Crippen LogP contribution in [0.5, 0.6) is 0 Å². The molecule has 46 heavy (non-hydrogen) atoms. The Morgan fingerprint density at radius 2 is 0.913 bits per heavy atom. The maximum absolute atomic E-state index is 12.6. The molecule has 0 saturated carbocycles. The van der Waals surface area contributed by atoms with Crippen molar-refractivity contribution in [2.45, 2.75) is 245 Å². The largest absolute Gasteiger partial charge is 0.361 e. The average Bonchev–Trinajstić information content (AvgIpc) is 3.42. The second kappa shape index (κ2) is 32.5. The summed E-state index contributed by atoms with van der Waals surface area (Å²) < 4.78 is 0. The Hall–Kier alpha value is -1.06. The third-order valence-corrected chi connectivity index (χ3v) is 10.4. The highest BCUT2D eigenvalue weighted by atomic mass is 16.1. The van der Waals surface area contributed by atoms with Crippen molar-refractivity contribution in [1.29, 1.82) is 0 Å². The second-order valence-electron chi connectivity index (χ2n) is 15.1. The molecule has 0 bridgehead atoms. The van der Waals surface area contributed by atoms with Crippen LogP contribution in [0.3, 0.4) is 0 Å². The molecule has 0 saturated heterocycles. The zero-order chi connectivity index (χ0) is 33.3. The highest BCUT2D eigenvalue weighted by Crippen LogP contribution is 2.18. The van der Waals surface area contributed by atoms with Crippen LogP contribution in [-0.4, -0.2) is 42.3 Å². The van der Waals surface area contributed by atoms with Gasteiger partial charge in [-0.05, 0) is 19.8 Å². The van der Waals surface area contributed by atoms with Crippen molar-refractivity contribution in [1.82, 2.24) is 10.2 Å². The molecule has 1 rings (SSSR count). The van der Waals surface area contributed by atoms with Gasteiger partial charge < -0.3 is 10.2 Å². The molecule has 0 aromatic rings. The maximum Gasteiger partial charge on any atom is 0.220 e. The summed E-state index contributed by atoms with van der Waals surface area (Å²) in [6, 6.07) is 0.320. The molecule has 2 atom stereocenters. The molecule has 1 aliphatic heterocycles. The van der Waals surface area contributed by atoms with E-state index in [2.05, 4.69) is 38.0 Å². The van der Waals surface area contributed by atoms with Crippen molar-refractivity contribution < 1.29 is 4.79 Å². The van der Waals surface area contributed by atoms with Crippen LogP contribution in [0.25, 0.3) is 0 Å². The van der Waals surface area contributed by atoms with Crippen LogP contribution >= 0.6 is 0 Å². The topological polar surface area (TPSA) is 44.7 Å². The van der Waals surface area contributed by atoms with E-state index in [9.17, 15) is 4.79 Å². The fourth-order valence-electron chi connectivity index (χ4n) is 7.15. The molecule has 0 aromatic carbocycles. The van der Waals surface area contributed by atoms with Gasteiger partial charge in [0.05, 0.1) is 17.9 Å². The lowest BCUT2D eigenvalue weighted by atomic mass is 10.0. The first-order chi connectivity index (χ1) is 22.6.